The maximum absolute atomic E-state index is 13.4. The van der Waals surface area contributed by atoms with Crippen LogP contribution in [0.15, 0.2) is 18.2 Å². The smallest absolute Gasteiger partial charge is 0.307 e. The number of rotatable bonds is 4. The van der Waals surface area contributed by atoms with Crippen molar-refractivity contribution in [3.8, 4) is 0 Å². The van der Waals surface area contributed by atoms with Crippen LogP contribution in [0.3, 0.4) is 0 Å². The largest absolute Gasteiger partial charge is 0.481 e. The lowest BCUT2D eigenvalue weighted by molar-refractivity contribution is -0.136. The summed E-state index contributed by atoms with van der Waals surface area (Å²) in [6.45, 7) is -0.352. The van der Waals surface area contributed by atoms with Crippen LogP contribution >= 0.6 is 0 Å². The van der Waals surface area contributed by atoms with Gasteiger partial charge >= 0.3 is 5.97 Å². The van der Waals surface area contributed by atoms with Gasteiger partial charge in [0.15, 0.2) is 0 Å². The van der Waals surface area contributed by atoms with Gasteiger partial charge in [-0.1, -0.05) is 12.1 Å². The van der Waals surface area contributed by atoms with Gasteiger partial charge in [0.25, 0.3) is 0 Å². The minimum atomic E-state index is -1.02. The third-order valence-electron chi connectivity index (χ3n) is 2.02. The highest BCUT2D eigenvalue weighted by atomic mass is 19.1. The molecule has 0 aliphatic rings. The molecule has 1 aromatic rings. The van der Waals surface area contributed by atoms with Gasteiger partial charge in [-0.25, -0.2) is 4.39 Å². The number of carboxylic acids is 1. The maximum Gasteiger partial charge on any atom is 0.307 e. The molecule has 1 rings (SSSR count). The highest BCUT2D eigenvalue weighted by Gasteiger charge is 2.11. The Bertz CT molecular complexity index is 368. The second-order valence-corrected chi connectivity index (χ2v) is 3.22. The fraction of sp³-hybridized carbons (Fsp3) is 0.300. The zero-order chi connectivity index (χ0) is 11.4. The van der Waals surface area contributed by atoms with Crippen molar-refractivity contribution in [1.29, 1.82) is 0 Å². The van der Waals surface area contributed by atoms with Crippen LogP contribution in [0.4, 0.5) is 4.39 Å². The van der Waals surface area contributed by atoms with Crippen LogP contribution in [-0.4, -0.2) is 22.8 Å². The molecular weight excluding hydrogens is 201 g/mol. The normalized spacial score (nSPS) is 12.5. The van der Waals surface area contributed by atoms with Crippen LogP contribution in [0, 0.1) is 5.82 Å². The van der Waals surface area contributed by atoms with E-state index in [1.165, 1.54) is 12.1 Å². The van der Waals surface area contributed by atoms with Gasteiger partial charge in [-0.05, 0) is 11.6 Å². The van der Waals surface area contributed by atoms with Gasteiger partial charge in [-0.15, -0.1) is 0 Å². The maximum atomic E-state index is 13.4. The molecule has 0 aliphatic heterocycles. The Morgan fingerprint density at radius 2 is 2.20 bits per heavy atom. The zero-order valence-corrected chi connectivity index (χ0v) is 7.98. The van der Waals surface area contributed by atoms with Crippen molar-refractivity contribution in [2.45, 2.75) is 12.5 Å². The Hall–Kier alpha value is -1.46. The number of carboxylic acid groups (broad SMARTS) is 1. The highest BCUT2D eigenvalue weighted by Crippen LogP contribution is 2.16. The van der Waals surface area contributed by atoms with Crippen LogP contribution in [0.2, 0.25) is 0 Å². The fourth-order valence-corrected chi connectivity index (χ4v) is 1.25. The first-order valence-electron chi connectivity index (χ1n) is 4.41. The number of hydrogen-bond acceptors (Lipinski definition) is 3. The molecule has 1 unspecified atom stereocenters. The molecule has 0 aromatic heterocycles. The van der Waals surface area contributed by atoms with Gasteiger partial charge in [-0.3, -0.25) is 4.79 Å². The molecule has 1 aromatic carbocycles. The van der Waals surface area contributed by atoms with Gasteiger partial charge in [0.05, 0.1) is 19.1 Å². The molecule has 0 radical (unpaired) electrons. The number of halogens is 1. The number of nitrogens with two attached hydrogens (primary N) is 1. The van der Waals surface area contributed by atoms with E-state index in [1.54, 1.807) is 0 Å². The molecule has 5 heteroatoms. The summed E-state index contributed by atoms with van der Waals surface area (Å²) in [7, 11) is 0. The Balaban J connectivity index is 2.92. The topological polar surface area (TPSA) is 83.5 Å². The summed E-state index contributed by atoms with van der Waals surface area (Å²) in [5.74, 6) is -1.61. The van der Waals surface area contributed by atoms with Gasteiger partial charge in [0.2, 0.25) is 0 Å². The molecule has 0 saturated heterocycles. The van der Waals surface area contributed by atoms with Crippen LogP contribution in [0.25, 0.3) is 0 Å². The van der Waals surface area contributed by atoms with Crippen molar-refractivity contribution >= 4 is 5.97 Å². The average Bonchev–Trinajstić information content (AvgIpc) is 2.16. The number of aliphatic hydroxyl groups excluding tert-OH is 1. The fourth-order valence-electron chi connectivity index (χ4n) is 1.25. The van der Waals surface area contributed by atoms with Crippen molar-refractivity contribution in [2.24, 2.45) is 5.73 Å². The second-order valence-electron chi connectivity index (χ2n) is 3.22. The van der Waals surface area contributed by atoms with E-state index in [2.05, 4.69) is 0 Å². The first-order valence-corrected chi connectivity index (χ1v) is 4.41. The van der Waals surface area contributed by atoms with Crippen molar-refractivity contribution in [3.63, 3.8) is 0 Å². The molecule has 4 N–H and O–H groups in total. The Morgan fingerprint density at radius 3 is 2.67 bits per heavy atom. The summed E-state index contributed by atoms with van der Waals surface area (Å²) < 4.78 is 13.4. The summed E-state index contributed by atoms with van der Waals surface area (Å²) in [4.78, 5) is 10.4. The monoisotopic (exact) mass is 213 g/mol. The third-order valence-corrected chi connectivity index (χ3v) is 2.02. The number of aliphatic hydroxyl groups is 1. The van der Waals surface area contributed by atoms with E-state index < -0.39 is 17.8 Å². The van der Waals surface area contributed by atoms with E-state index >= 15 is 0 Å². The lowest BCUT2D eigenvalue weighted by Crippen LogP contribution is -2.16. The molecule has 0 spiro atoms. The molecule has 82 valence electrons. The van der Waals surface area contributed by atoms with Gasteiger partial charge in [-0.2, -0.15) is 0 Å². The van der Waals surface area contributed by atoms with Gasteiger partial charge < -0.3 is 15.9 Å². The van der Waals surface area contributed by atoms with Gasteiger partial charge in [0, 0.05) is 5.56 Å². The number of hydrogen-bond donors (Lipinski definition) is 3. The minimum absolute atomic E-state index is 0.187. The summed E-state index contributed by atoms with van der Waals surface area (Å²) in [5, 5.41) is 17.2. The van der Waals surface area contributed by atoms with Gasteiger partial charge in [0.1, 0.15) is 5.82 Å². The summed E-state index contributed by atoms with van der Waals surface area (Å²) in [6, 6.07) is 3.24. The van der Waals surface area contributed by atoms with Crippen LogP contribution < -0.4 is 5.73 Å². The number of aliphatic carboxylic acids is 1. The Morgan fingerprint density at radius 1 is 1.53 bits per heavy atom. The van der Waals surface area contributed by atoms with Crippen LogP contribution in [0.1, 0.15) is 17.2 Å². The van der Waals surface area contributed by atoms with E-state index in [1.807, 2.05) is 0 Å². The predicted molar refractivity (Wildman–Crippen MR) is 51.8 cm³/mol. The van der Waals surface area contributed by atoms with Crippen molar-refractivity contribution in [2.75, 3.05) is 6.61 Å². The summed E-state index contributed by atoms with van der Waals surface area (Å²) in [6.07, 6.45) is -0.231. The second kappa shape index (κ2) is 4.86. The molecule has 1 atom stereocenters. The zero-order valence-electron chi connectivity index (χ0n) is 7.98. The minimum Gasteiger partial charge on any atom is -0.481 e. The molecular formula is C10H12FNO3. The Kier molecular flexibility index (Phi) is 3.76. The standard InChI is InChI=1S/C10H12FNO3/c11-8-3-6(4-10(14)15)1-2-7(8)9(12)5-13/h1-3,9,13H,4-5,12H2,(H,14,15). The SMILES string of the molecule is NC(CO)c1ccc(CC(=O)O)cc1F. The lowest BCUT2D eigenvalue weighted by Gasteiger charge is -2.10. The van der Waals surface area contributed by atoms with E-state index in [4.69, 9.17) is 15.9 Å². The van der Waals surface area contributed by atoms with E-state index in [0.717, 1.165) is 6.07 Å². The summed E-state index contributed by atoms with van der Waals surface area (Å²) in [5.41, 5.74) is 6.00. The molecule has 0 amide bonds. The van der Waals surface area contributed by atoms with Crippen molar-refractivity contribution in [1.82, 2.24) is 0 Å². The third kappa shape index (κ3) is 3.00. The average molecular weight is 213 g/mol. The van der Waals surface area contributed by atoms with E-state index in [-0.39, 0.29) is 18.6 Å². The molecule has 0 saturated carbocycles. The number of carbonyl (C=O) groups is 1. The Labute approximate surface area is 86.1 Å². The van der Waals surface area contributed by atoms with Crippen molar-refractivity contribution < 1.29 is 19.4 Å². The molecule has 15 heavy (non-hydrogen) atoms. The first-order chi connectivity index (χ1) is 7.04. The molecule has 0 fully saturated rings. The predicted octanol–water partition coefficient (Wildman–Crippen LogP) is 0.445. The van der Waals surface area contributed by atoms with E-state index in [9.17, 15) is 9.18 Å². The van der Waals surface area contributed by atoms with Crippen molar-refractivity contribution in [3.05, 3.63) is 35.1 Å². The summed E-state index contributed by atoms with van der Waals surface area (Å²) >= 11 is 0. The molecule has 0 heterocycles. The lowest BCUT2D eigenvalue weighted by atomic mass is 10.0. The molecule has 4 nitrogen and oxygen atoms in total. The quantitative estimate of drug-likeness (QED) is 0.677. The van der Waals surface area contributed by atoms with Crippen LogP contribution in [-0.2, 0) is 11.2 Å². The number of benzene rings is 1. The van der Waals surface area contributed by atoms with E-state index in [0.29, 0.717) is 5.56 Å². The first kappa shape index (κ1) is 11.6. The molecule has 0 bridgehead atoms. The highest BCUT2D eigenvalue weighted by molar-refractivity contribution is 5.70. The van der Waals surface area contributed by atoms with Crippen LogP contribution in [0.5, 0.6) is 0 Å². The molecule has 0 aliphatic carbocycles.